The Hall–Kier alpha value is -1.81. The lowest BCUT2D eigenvalue weighted by atomic mass is 10.1. The molecule has 55 heavy (non-hydrogen) atoms. The van der Waals surface area contributed by atoms with Crippen molar-refractivity contribution in [3.05, 3.63) is 36.5 Å². The molecular formula is C44H80NO9P. The number of rotatable bonds is 38. The minimum absolute atomic E-state index is 0.0391. The summed E-state index contributed by atoms with van der Waals surface area (Å²) >= 11 is 0. The Balaban J connectivity index is 2.30. The lowest BCUT2D eigenvalue weighted by Crippen LogP contribution is -2.37. The number of carbonyl (C=O) groups excluding carboxylic acids is 2. The fourth-order valence-electron chi connectivity index (χ4n) is 5.98. The third kappa shape index (κ3) is 34.0. The summed E-state index contributed by atoms with van der Waals surface area (Å²) in [4.78, 5) is 37.5. The average molecular weight is 798 g/mol. The van der Waals surface area contributed by atoms with Gasteiger partial charge in [-0.1, -0.05) is 121 Å². The zero-order chi connectivity index (χ0) is 40.5. The fourth-order valence-corrected chi connectivity index (χ4v) is 6.71. The van der Waals surface area contributed by atoms with Crippen molar-refractivity contribution in [1.82, 2.24) is 0 Å². The van der Waals surface area contributed by atoms with Crippen LogP contribution in [0.2, 0.25) is 0 Å². The summed E-state index contributed by atoms with van der Waals surface area (Å²) in [5, 5.41) is 0. The molecule has 11 heteroatoms. The molecule has 1 aliphatic rings. The van der Waals surface area contributed by atoms with Gasteiger partial charge in [-0.2, -0.15) is 0 Å². The van der Waals surface area contributed by atoms with Crippen LogP contribution in [-0.4, -0.2) is 82.2 Å². The largest absolute Gasteiger partial charge is 0.756 e. The Morgan fingerprint density at radius 2 is 1.22 bits per heavy atom. The predicted octanol–water partition coefficient (Wildman–Crippen LogP) is 10.5. The van der Waals surface area contributed by atoms with E-state index in [1.807, 2.05) is 21.1 Å². The lowest BCUT2D eigenvalue weighted by molar-refractivity contribution is -0.870. The zero-order valence-electron chi connectivity index (χ0n) is 35.6. The van der Waals surface area contributed by atoms with E-state index >= 15 is 0 Å². The SMILES string of the molecule is CCCCC/C=C\C/C=C\CCCCCCCC(=O)OC[C@H](COP(=O)([O-])OCC[N+](C)(C)C)OC(=O)CCCCCCC/C=C\CC1OC1CCCCC. The van der Waals surface area contributed by atoms with Gasteiger partial charge in [0.25, 0.3) is 7.82 Å². The van der Waals surface area contributed by atoms with E-state index in [1.165, 1.54) is 51.4 Å². The Labute approximate surface area is 336 Å². The molecule has 1 heterocycles. The third-order valence-corrected chi connectivity index (χ3v) is 10.5. The molecule has 1 fully saturated rings. The Morgan fingerprint density at radius 1 is 0.673 bits per heavy atom. The number of allylic oxidation sites excluding steroid dienone is 5. The Kier molecular flexibility index (Phi) is 30.9. The van der Waals surface area contributed by atoms with E-state index in [2.05, 4.69) is 50.3 Å². The number of ether oxygens (including phenoxy) is 3. The summed E-state index contributed by atoms with van der Waals surface area (Å²) in [6.07, 6.45) is 37.6. The van der Waals surface area contributed by atoms with Crippen LogP contribution in [0.25, 0.3) is 0 Å². The normalized spacial score (nSPS) is 17.6. The van der Waals surface area contributed by atoms with Crippen LogP contribution < -0.4 is 4.89 Å². The molecule has 320 valence electrons. The topological polar surface area (TPSA) is 124 Å². The highest BCUT2D eigenvalue weighted by Gasteiger charge is 2.36. The van der Waals surface area contributed by atoms with E-state index in [0.717, 1.165) is 77.0 Å². The molecule has 0 aromatic carbocycles. The molecule has 0 amide bonds. The maximum Gasteiger partial charge on any atom is 0.306 e. The first-order chi connectivity index (χ1) is 26.5. The molecule has 0 N–H and O–H groups in total. The lowest BCUT2D eigenvalue weighted by Gasteiger charge is -2.28. The second kappa shape index (κ2) is 33.2. The number of likely N-dealkylation sites (N-methyl/N-ethyl adjacent to an activating group) is 1. The van der Waals surface area contributed by atoms with Crippen molar-refractivity contribution < 1.29 is 46.8 Å². The van der Waals surface area contributed by atoms with Crippen LogP contribution in [0.5, 0.6) is 0 Å². The van der Waals surface area contributed by atoms with E-state index in [-0.39, 0.29) is 26.1 Å². The first kappa shape index (κ1) is 51.2. The monoisotopic (exact) mass is 798 g/mol. The first-order valence-corrected chi connectivity index (χ1v) is 23.3. The van der Waals surface area contributed by atoms with Crippen molar-refractivity contribution in [2.24, 2.45) is 0 Å². The summed E-state index contributed by atoms with van der Waals surface area (Å²) in [7, 11) is 1.14. The molecule has 0 bridgehead atoms. The summed E-state index contributed by atoms with van der Waals surface area (Å²) in [5.41, 5.74) is 0. The van der Waals surface area contributed by atoms with Gasteiger partial charge in [-0.15, -0.1) is 0 Å². The molecule has 10 nitrogen and oxygen atoms in total. The Bertz CT molecular complexity index is 1100. The predicted molar refractivity (Wildman–Crippen MR) is 221 cm³/mol. The molecule has 1 aliphatic heterocycles. The number of epoxide rings is 1. The minimum atomic E-state index is -4.63. The van der Waals surface area contributed by atoms with Crippen LogP contribution in [-0.2, 0) is 37.4 Å². The van der Waals surface area contributed by atoms with Crippen molar-refractivity contribution in [1.29, 1.82) is 0 Å². The van der Waals surface area contributed by atoms with Crippen LogP contribution in [0.3, 0.4) is 0 Å². The Morgan fingerprint density at radius 3 is 1.84 bits per heavy atom. The van der Waals surface area contributed by atoms with Gasteiger partial charge in [-0.3, -0.25) is 14.2 Å². The smallest absolute Gasteiger partial charge is 0.306 e. The first-order valence-electron chi connectivity index (χ1n) is 21.8. The summed E-state index contributed by atoms with van der Waals surface area (Å²) in [6, 6.07) is 0. The fraction of sp³-hybridized carbons (Fsp3) is 0.818. The number of quaternary nitrogens is 1. The molecule has 1 saturated heterocycles. The van der Waals surface area contributed by atoms with Crippen molar-refractivity contribution in [3.8, 4) is 0 Å². The second-order valence-corrected chi connectivity index (χ2v) is 17.5. The number of nitrogens with zero attached hydrogens (tertiary/aromatic N) is 1. The number of phosphoric ester groups is 1. The molecule has 1 rings (SSSR count). The van der Waals surface area contributed by atoms with Crippen molar-refractivity contribution in [3.63, 3.8) is 0 Å². The molecule has 0 aliphatic carbocycles. The molecule has 0 spiro atoms. The van der Waals surface area contributed by atoms with Crippen LogP contribution in [0.1, 0.15) is 168 Å². The van der Waals surface area contributed by atoms with Gasteiger partial charge < -0.3 is 32.6 Å². The van der Waals surface area contributed by atoms with Gasteiger partial charge >= 0.3 is 11.9 Å². The highest BCUT2D eigenvalue weighted by atomic mass is 31.2. The van der Waals surface area contributed by atoms with Crippen LogP contribution in [0, 0.1) is 0 Å². The molecule has 4 atom stereocenters. The molecule has 3 unspecified atom stereocenters. The van der Waals surface area contributed by atoms with Crippen LogP contribution >= 0.6 is 7.82 Å². The minimum Gasteiger partial charge on any atom is -0.756 e. The van der Waals surface area contributed by atoms with Crippen molar-refractivity contribution in [2.75, 3.05) is 47.5 Å². The maximum atomic E-state index is 12.7. The summed E-state index contributed by atoms with van der Waals surface area (Å²) in [5.74, 6) is -0.873. The highest BCUT2D eigenvalue weighted by Crippen LogP contribution is 2.38. The van der Waals surface area contributed by atoms with Gasteiger partial charge in [0.2, 0.25) is 0 Å². The molecule has 0 aromatic heterocycles. The summed E-state index contributed by atoms with van der Waals surface area (Å²) in [6.45, 7) is 4.12. The number of esters is 2. The van der Waals surface area contributed by atoms with Crippen LogP contribution in [0.4, 0.5) is 0 Å². The van der Waals surface area contributed by atoms with Gasteiger partial charge in [0.1, 0.15) is 19.8 Å². The molecule has 0 aromatic rings. The number of carbonyl (C=O) groups is 2. The molecular weight excluding hydrogens is 717 g/mol. The highest BCUT2D eigenvalue weighted by molar-refractivity contribution is 7.45. The van der Waals surface area contributed by atoms with E-state index in [4.69, 9.17) is 23.3 Å². The molecule has 0 saturated carbocycles. The number of phosphoric acid groups is 1. The van der Waals surface area contributed by atoms with E-state index in [9.17, 15) is 19.0 Å². The average Bonchev–Trinajstić information content (AvgIpc) is 3.89. The zero-order valence-corrected chi connectivity index (χ0v) is 36.5. The number of hydrogen-bond acceptors (Lipinski definition) is 9. The summed E-state index contributed by atoms with van der Waals surface area (Å²) < 4.78 is 39.6. The van der Waals surface area contributed by atoms with Gasteiger partial charge in [-0.05, 0) is 70.6 Å². The standard InChI is InChI=1S/C44H80NO9P/c1-6-8-10-11-12-13-14-15-16-17-18-19-23-26-30-34-43(46)50-38-40(39-52-55(48,49)51-37-36-45(3,4)5)53-44(47)35-31-27-24-21-20-22-25-29-33-42-41(54-42)32-28-9-7-2/h12-13,15-16,25,29,40-42H,6-11,14,17-24,26-28,30-39H2,1-5H3/b13-12-,16-15-,29-25-/t40-,41?,42?/m1/s1. The van der Waals surface area contributed by atoms with Gasteiger partial charge in [0.15, 0.2) is 6.10 Å². The van der Waals surface area contributed by atoms with Crippen molar-refractivity contribution >= 4 is 19.8 Å². The second-order valence-electron chi connectivity index (χ2n) is 16.1. The number of unbranched alkanes of at least 4 members (excludes halogenated alkanes) is 15. The van der Waals surface area contributed by atoms with E-state index < -0.39 is 32.5 Å². The van der Waals surface area contributed by atoms with Crippen LogP contribution in [0.15, 0.2) is 36.5 Å². The van der Waals surface area contributed by atoms with Gasteiger partial charge in [-0.25, -0.2) is 0 Å². The van der Waals surface area contributed by atoms with Gasteiger partial charge in [0, 0.05) is 12.8 Å². The van der Waals surface area contributed by atoms with E-state index in [0.29, 0.717) is 36.1 Å². The number of hydrogen-bond donors (Lipinski definition) is 0. The third-order valence-electron chi connectivity index (χ3n) is 9.56. The van der Waals surface area contributed by atoms with Gasteiger partial charge in [0.05, 0.1) is 40.0 Å². The quantitative estimate of drug-likeness (QED) is 0.0150. The van der Waals surface area contributed by atoms with Crippen molar-refractivity contribution in [2.45, 2.75) is 186 Å². The van der Waals surface area contributed by atoms with E-state index in [1.54, 1.807) is 0 Å². The maximum absolute atomic E-state index is 12.7. The molecule has 0 radical (unpaired) electrons.